The predicted octanol–water partition coefficient (Wildman–Crippen LogP) is 3.98. The molecule has 3 heterocycles. The zero-order chi connectivity index (χ0) is 16.8. The first-order valence-corrected chi connectivity index (χ1v) is 9.30. The molecule has 0 aromatic carbocycles. The van der Waals surface area contributed by atoms with E-state index in [1.807, 2.05) is 24.4 Å². The molecule has 0 amide bonds. The summed E-state index contributed by atoms with van der Waals surface area (Å²) in [6.45, 7) is 5.14. The largest absolute Gasteiger partial charge is 0.480 e. The predicted molar refractivity (Wildman–Crippen MR) is 95.9 cm³/mol. The molecule has 0 atom stereocenters. The van der Waals surface area contributed by atoms with Gasteiger partial charge in [0.15, 0.2) is 5.16 Å². The van der Waals surface area contributed by atoms with Gasteiger partial charge in [-0.25, -0.2) is 4.98 Å². The summed E-state index contributed by atoms with van der Waals surface area (Å²) in [5.41, 5.74) is 0.689. The number of aryl methyl sites for hydroxylation is 1. The van der Waals surface area contributed by atoms with Gasteiger partial charge in [-0.2, -0.15) is 0 Å². The number of H-pyrrole nitrogens is 1. The summed E-state index contributed by atoms with van der Waals surface area (Å²) >= 11 is 4.07. The second-order valence-electron chi connectivity index (χ2n) is 5.48. The molecule has 0 radical (unpaired) electrons. The fraction of sp³-hybridized carbons (Fsp3) is 0.267. The van der Waals surface area contributed by atoms with Crippen molar-refractivity contribution in [1.29, 1.82) is 0 Å². The maximum atomic E-state index is 12.5. The van der Waals surface area contributed by atoms with Crippen LogP contribution in [0.2, 0.25) is 0 Å². The topological polar surface area (TPSA) is 83.0 Å². The van der Waals surface area contributed by atoms with Crippen LogP contribution in [0.1, 0.15) is 18.7 Å². The number of hydrogen-bond acceptors (Lipinski definition) is 6. The van der Waals surface area contributed by atoms with Gasteiger partial charge in [0.2, 0.25) is 0 Å². The number of aromatic amines is 1. The van der Waals surface area contributed by atoms with Crippen LogP contribution in [0.3, 0.4) is 0 Å². The van der Waals surface area contributed by atoms with Gasteiger partial charge in [0.05, 0.1) is 5.39 Å². The molecule has 0 aliphatic carbocycles. The van der Waals surface area contributed by atoms with E-state index in [0.29, 0.717) is 15.4 Å². The minimum Gasteiger partial charge on any atom is -0.480 e. The number of fused-ring (bicyclic) bond motifs is 1. The van der Waals surface area contributed by atoms with Gasteiger partial charge < -0.3 is 10.1 Å². The molecule has 0 aliphatic heterocycles. The second-order valence-corrected chi connectivity index (χ2v) is 9.24. The third-order valence-corrected chi connectivity index (χ3v) is 6.31. The number of thiophene rings is 2. The lowest BCUT2D eigenvalue weighted by Crippen LogP contribution is -2.27. The Morgan fingerprint density at radius 2 is 2.17 bits per heavy atom. The Morgan fingerprint density at radius 3 is 2.78 bits per heavy atom. The molecule has 0 fully saturated rings. The number of nitrogens with one attached hydrogen (secondary N) is 1. The van der Waals surface area contributed by atoms with E-state index in [1.54, 1.807) is 25.2 Å². The number of nitrogens with zero attached hydrogens (tertiary/aromatic N) is 1. The second kappa shape index (κ2) is 5.77. The lowest BCUT2D eigenvalue weighted by atomic mass is 10.1. The monoisotopic (exact) mass is 366 g/mol. The highest BCUT2D eigenvalue weighted by atomic mass is 32.2. The smallest absolute Gasteiger partial charge is 0.319 e. The highest BCUT2D eigenvalue weighted by Crippen LogP contribution is 2.39. The maximum absolute atomic E-state index is 12.5. The molecule has 3 rings (SSSR count). The zero-order valence-corrected chi connectivity index (χ0v) is 15.1. The number of aliphatic carboxylic acids is 1. The van der Waals surface area contributed by atoms with E-state index in [4.69, 9.17) is 0 Å². The van der Waals surface area contributed by atoms with Crippen molar-refractivity contribution in [3.8, 4) is 10.4 Å². The van der Waals surface area contributed by atoms with E-state index in [1.165, 1.54) is 11.3 Å². The van der Waals surface area contributed by atoms with E-state index in [0.717, 1.165) is 27.1 Å². The lowest BCUT2D eigenvalue weighted by molar-refractivity contribution is -0.138. The highest BCUT2D eigenvalue weighted by Gasteiger charge is 2.30. The van der Waals surface area contributed by atoms with E-state index >= 15 is 0 Å². The quantitative estimate of drug-likeness (QED) is 0.539. The fourth-order valence-corrected chi connectivity index (χ4v) is 5.00. The van der Waals surface area contributed by atoms with E-state index in [9.17, 15) is 14.7 Å². The number of carboxylic acid groups (broad SMARTS) is 1. The highest BCUT2D eigenvalue weighted by molar-refractivity contribution is 8.01. The number of hydrogen-bond donors (Lipinski definition) is 2. The van der Waals surface area contributed by atoms with Crippen molar-refractivity contribution in [2.75, 3.05) is 0 Å². The molecule has 8 heteroatoms. The van der Waals surface area contributed by atoms with Crippen molar-refractivity contribution < 1.29 is 9.90 Å². The maximum Gasteiger partial charge on any atom is 0.319 e. The SMILES string of the molecule is Cc1sc2nc(SC(C)(C)C(=O)O)[nH]c(=O)c2c1-c1cccs1. The molecule has 2 N–H and O–H groups in total. The van der Waals surface area contributed by atoms with Gasteiger partial charge >= 0.3 is 5.97 Å². The Kier molecular flexibility index (Phi) is 4.07. The van der Waals surface area contributed by atoms with Gasteiger partial charge in [0, 0.05) is 15.3 Å². The first-order chi connectivity index (χ1) is 10.8. The molecular weight excluding hydrogens is 352 g/mol. The number of carboxylic acids is 1. The van der Waals surface area contributed by atoms with Gasteiger partial charge in [0.25, 0.3) is 5.56 Å². The van der Waals surface area contributed by atoms with E-state index in [-0.39, 0.29) is 5.56 Å². The summed E-state index contributed by atoms with van der Waals surface area (Å²) < 4.78 is -1.06. The van der Waals surface area contributed by atoms with Crippen molar-refractivity contribution >= 4 is 50.6 Å². The van der Waals surface area contributed by atoms with Crippen LogP contribution >= 0.6 is 34.4 Å². The van der Waals surface area contributed by atoms with Crippen LogP contribution in [-0.4, -0.2) is 25.8 Å². The molecule has 3 aromatic heterocycles. The van der Waals surface area contributed by atoms with Gasteiger partial charge in [-0.3, -0.25) is 9.59 Å². The Morgan fingerprint density at radius 1 is 1.43 bits per heavy atom. The van der Waals surface area contributed by atoms with Crippen LogP contribution < -0.4 is 5.56 Å². The van der Waals surface area contributed by atoms with Crippen molar-refractivity contribution in [3.05, 3.63) is 32.7 Å². The van der Waals surface area contributed by atoms with Gasteiger partial charge in [-0.05, 0) is 32.2 Å². The Bertz CT molecular complexity index is 939. The molecular formula is C15H14N2O3S3. The molecule has 0 spiro atoms. The first-order valence-electron chi connectivity index (χ1n) is 6.79. The number of rotatable bonds is 4. The normalized spacial score (nSPS) is 12.0. The summed E-state index contributed by atoms with van der Waals surface area (Å²) in [6.07, 6.45) is 0. The summed E-state index contributed by atoms with van der Waals surface area (Å²) in [5, 5.41) is 12.1. The molecule has 23 heavy (non-hydrogen) atoms. The Labute approximate surface area is 144 Å². The lowest BCUT2D eigenvalue weighted by Gasteiger charge is -2.16. The van der Waals surface area contributed by atoms with Crippen LogP contribution in [0.4, 0.5) is 0 Å². The molecule has 3 aromatic rings. The van der Waals surface area contributed by atoms with Crippen LogP contribution in [0, 0.1) is 6.92 Å². The average Bonchev–Trinajstić information content (AvgIpc) is 3.04. The molecule has 120 valence electrons. The third-order valence-electron chi connectivity index (χ3n) is 3.35. The summed E-state index contributed by atoms with van der Waals surface area (Å²) in [5.74, 6) is -0.952. The molecule has 0 aliphatic rings. The van der Waals surface area contributed by atoms with Crippen LogP contribution in [0.25, 0.3) is 20.7 Å². The van der Waals surface area contributed by atoms with E-state index < -0.39 is 10.7 Å². The third kappa shape index (κ3) is 2.93. The van der Waals surface area contributed by atoms with Crippen molar-refractivity contribution in [2.45, 2.75) is 30.7 Å². The van der Waals surface area contributed by atoms with Gasteiger partial charge in [-0.15, -0.1) is 22.7 Å². The zero-order valence-electron chi connectivity index (χ0n) is 12.7. The average molecular weight is 366 g/mol. The number of aromatic nitrogens is 2. The fourth-order valence-electron chi connectivity index (χ4n) is 2.15. The summed E-state index contributed by atoms with van der Waals surface area (Å²) in [4.78, 5) is 33.7. The molecule has 0 bridgehead atoms. The summed E-state index contributed by atoms with van der Waals surface area (Å²) in [6, 6.07) is 3.93. The van der Waals surface area contributed by atoms with Crippen molar-refractivity contribution in [3.63, 3.8) is 0 Å². The molecule has 0 unspecified atom stereocenters. The Hall–Kier alpha value is -1.64. The number of thioether (sulfide) groups is 1. The van der Waals surface area contributed by atoms with Crippen LogP contribution in [0.5, 0.6) is 0 Å². The minimum absolute atomic E-state index is 0.230. The van der Waals surface area contributed by atoms with Gasteiger partial charge in [0.1, 0.15) is 9.58 Å². The molecule has 0 saturated carbocycles. The number of carbonyl (C=O) groups is 1. The van der Waals surface area contributed by atoms with E-state index in [2.05, 4.69) is 9.97 Å². The van der Waals surface area contributed by atoms with Crippen LogP contribution in [0.15, 0.2) is 27.5 Å². The Balaban J connectivity index is 2.15. The first kappa shape index (κ1) is 16.2. The van der Waals surface area contributed by atoms with Gasteiger partial charge in [-0.1, -0.05) is 17.8 Å². The van der Waals surface area contributed by atoms with Crippen molar-refractivity contribution in [1.82, 2.24) is 9.97 Å². The minimum atomic E-state index is -1.06. The summed E-state index contributed by atoms with van der Waals surface area (Å²) in [7, 11) is 0. The standard InChI is InChI=1S/C15H14N2O3S3/c1-7-9(8-5-4-6-21-8)10-11(18)16-14(17-12(10)22-7)23-15(2,3)13(19)20/h4-6H,1-3H3,(H,19,20)(H,16,17,18). The molecule has 5 nitrogen and oxygen atoms in total. The molecule has 0 saturated heterocycles. The van der Waals surface area contributed by atoms with Crippen molar-refractivity contribution in [2.24, 2.45) is 0 Å². The van der Waals surface area contributed by atoms with Crippen LogP contribution in [-0.2, 0) is 4.79 Å².